The van der Waals surface area contributed by atoms with E-state index in [0.29, 0.717) is 0 Å². The maximum atomic E-state index is 8.00. The van der Waals surface area contributed by atoms with Crippen LogP contribution < -0.4 is 0 Å². The van der Waals surface area contributed by atoms with Crippen LogP contribution in [-0.2, 0) is 21.7 Å². The van der Waals surface area contributed by atoms with E-state index in [1.165, 1.54) is 0 Å². The third-order valence-electron chi connectivity index (χ3n) is 0. The first-order valence-electron chi connectivity index (χ1n) is 2.92. The molecule has 0 radical (unpaired) electrons. The normalized spacial score (nSPS) is 3.69. The van der Waals surface area contributed by atoms with Crippen molar-refractivity contribution < 1.29 is 21.7 Å². The van der Waals surface area contributed by atoms with Crippen LogP contribution in [0.1, 0.15) is 0 Å². The molecule has 0 aromatic carbocycles. The Morgan fingerprint density at radius 2 is 0.308 bits per heavy atom. The van der Waals surface area contributed by atoms with Gasteiger partial charge in [0, 0.05) is 0 Å². The molecule has 0 aromatic rings. The summed E-state index contributed by atoms with van der Waals surface area (Å²) in [7, 11) is 0. The van der Waals surface area contributed by atoms with Crippen molar-refractivity contribution in [2.45, 2.75) is 0 Å². The van der Waals surface area contributed by atoms with E-state index in [1.807, 2.05) is 0 Å². The zero-order chi connectivity index (χ0) is 21.7. The van der Waals surface area contributed by atoms with Gasteiger partial charge in [0.1, 0.15) is 0 Å². The van der Waals surface area contributed by atoms with E-state index in [9.17, 15) is 0 Å². The van der Waals surface area contributed by atoms with E-state index in [4.69, 9.17) is 80.9 Å². The van der Waals surface area contributed by atoms with Crippen LogP contribution in [-0.4, -0.2) is 23.9 Å². The van der Waals surface area contributed by atoms with Gasteiger partial charge in [-0.05, 0) is 0 Å². The summed E-state index contributed by atoms with van der Waals surface area (Å²) in [5.41, 5.74) is 0. The first kappa shape index (κ1) is 66.3. The molecule has 0 heterocycles. The van der Waals surface area contributed by atoms with Crippen LogP contribution in [0.15, 0.2) is 42.7 Å². The third-order valence-corrected chi connectivity index (χ3v) is 0. The average molecular weight is 535 g/mol. The van der Waals surface area contributed by atoms with Gasteiger partial charge in [0.25, 0.3) is 0 Å². The summed E-state index contributed by atoms with van der Waals surface area (Å²) in [4.78, 5) is 64.0. The molecular weight excluding hydrogens is 535 g/mol. The summed E-state index contributed by atoms with van der Waals surface area (Å²) in [5, 5.41) is 72.0. The zero-order valence-corrected chi connectivity index (χ0v) is 15.5. The summed E-state index contributed by atoms with van der Waals surface area (Å²) >= 11 is 0. The molecule has 24 nitrogen and oxygen atoms in total. The number of hydrogen-bond acceptors (Lipinski definition) is 24. The van der Waals surface area contributed by atoms with Crippen molar-refractivity contribution in [3.63, 3.8) is 0 Å². The van der Waals surface area contributed by atoms with Gasteiger partial charge < -0.3 is 80.9 Å². The van der Waals surface area contributed by atoms with E-state index in [1.54, 1.807) is 0 Å². The molecule has 144 valence electrons. The van der Waals surface area contributed by atoms with E-state index < -0.39 is 0 Å². The van der Waals surface area contributed by atoms with Crippen LogP contribution in [0.4, 0.5) is 0 Å². The molecule has 0 aromatic heterocycles. The summed E-state index contributed by atoms with van der Waals surface area (Å²) < 4.78 is 0. The van der Waals surface area contributed by atoms with Crippen molar-refractivity contribution >= 4 is 23.9 Å². The predicted molar refractivity (Wildman–Crippen MR) is 79.0 cm³/mol. The van der Waals surface area contributed by atoms with Gasteiger partial charge in [0.05, 0.1) is 0 Å². The Morgan fingerprint density at radius 3 is 0.308 bits per heavy atom. The Balaban J connectivity index is -0.0000000139. The molecule has 0 aliphatic carbocycles. The van der Waals surface area contributed by atoms with E-state index in [0.717, 1.165) is 42.7 Å². The fourth-order valence-electron chi connectivity index (χ4n) is 0. The molecular formula is N8O16SnTi. The molecule has 0 bridgehead atoms. The van der Waals surface area contributed by atoms with Gasteiger partial charge in [0.15, 0.2) is 0 Å². The van der Waals surface area contributed by atoms with Gasteiger partial charge in [-0.15, -0.1) is 42.7 Å². The Labute approximate surface area is 169 Å². The van der Waals surface area contributed by atoms with Crippen molar-refractivity contribution in [1.82, 2.24) is 0 Å². The van der Waals surface area contributed by atoms with Gasteiger partial charge in [-0.3, -0.25) is 0 Å². The van der Waals surface area contributed by atoms with Gasteiger partial charge in [-0.25, -0.2) is 0 Å². The second kappa shape index (κ2) is 419. The molecule has 0 fully saturated rings. The van der Waals surface area contributed by atoms with Crippen LogP contribution >= 0.6 is 0 Å². The Morgan fingerprint density at radius 1 is 0.308 bits per heavy atom. The monoisotopic (exact) mass is 536 g/mol. The van der Waals surface area contributed by atoms with Gasteiger partial charge in [-0.2, -0.15) is 0 Å². The maximum absolute atomic E-state index is 8.00. The first-order valence-corrected chi connectivity index (χ1v) is 2.92. The fourth-order valence-corrected chi connectivity index (χ4v) is 0. The Hall–Kier alpha value is -3.29. The fraction of sp³-hybridized carbons (Fsp3) is 0. The Kier molecular flexibility index (Phi) is 1070. The van der Waals surface area contributed by atoms with Crippen molar-refractivity contribution in [1.29, 1.82) is 0 Å². The smallest absolute Gasteiger partial charge is 0.444 e. The standard InChI is InChI=1S/8HNO2.Sn.Ti/c8*2-1-3;;/h8*(H,2,3);;/q;;;;;;;;2*+4/p-8. The minimum Gasteiger partial charge on any atom is -0.444 e. The van der Waals surface area contributed by atoms with Crippen LogP contribution in [0.2, 0.25) is 0 Å². The first-order chi connectivity index (χ1) is 11.3. The topological polar surface area (TPSA) is 420 Å². The molecule has 0 saturated carbocycles. The van der Waals surface area contributed by atoms with Gasteiger partial charge >= 0.3 is 45.6 Å². The molecule has 0 amide bonds. The van der Waals surface area contributed by atoms with Crippen LogP contribution in [0, 0.1) is 80.9 Å². The SMILES string of the molecule is O=N[O-].O=N[O-].O=N[O-].O=N[O-].O=N[O-].O=N[O-].O=N[O-].O=N[O-].[Sn+4].[Ti+4]. The number of hydrogen-bond donors (Lipinski definition) is 0. The minimum atomic E-state index is 0. The van der Waals surface area contributed by atoms with Crippen molar-refractivity contribution in [2.24, 2.45) is 42.7 Å². The molecule has 0 rings (SSSR count). The molecule has 0 saturated heterocycles. The van der Waals surface area contributed by atoms with Gasteiger partial charge in [-0.1, -0.05) is 0 Å². The quantitative estimate of drug-likeness (QED) is 0.241. The minimum absolute atomic E-state index is 0. The van der Waals surface area contributed by atoms with E-state index in [-0.39, 0.29) is 45.6 Å². The van der Waals surface area contributed by atoms with Crippen LogP contribution in [0.5, 0.6) is 0 Å². The third kappa shape index (κ3) is 745. The van der Waals surface area contributed by atoms with Crippen molar-refractivity contribution in [3.8, 4) is 0 Å². The van der Waals surface area contributed by atoms with Crippen molar-refractivity contribution in [3.05, 3.63) is 80.9 Å². The van der Waals surface area contributed by atoms with Gasteiger partial charge in [0.2, 0.25) is 0 Å². The Bertz CT molecular complexity index is 166. The molecule has 0 aliphatic heterocycles. The molecule has 0 atom stereocenters. The summed E-state index contributed by atoms with van der Waals surface area (Å²) in [6.07, 6.45) is 0. The summed E-state index contributed by atoms with van der Waals surface area (Å²) in [6, 6.07) is 0. The zero-order valence-electron chi connectivity index (χ0n) is 11.1. The molecule has 0 N–H and O–H groups in total. The number of nitrogens with zero attached hydrogens (tertiary/aromatic N) is 8. The maximum Gasteiger partial charge on any atom is 4.00 e. The summed E-state index contributed by atoms with van der Waals surface area (Å²) in [6.45, 7) is 0. The number of rotatable bonds is 0. The second-order valence-electron chi connectivity index (χ2n) is 0.596. The molecule has 0 unspecified atom stereocenters. The largest absolute Gasteiger partial charge is 4.00 e. The molecule has 26 heavy (non-hydrogen) atoms. The average Bonchev–Trinajstić information content (AvgIpc) is 2.45. The molecule has 26 heteroatoms. The molecule has 0 aliphatic rings. The summed E-state index contributed by atoms with van der Waals surface area (Å²) in [5.74, 6) is 0. The molecule has 0 spiro atoms. The van der Waals surface area contributed by atoms with Crippen LogP contribution in [0.3, 0.4) is 0 Å². The van der Waals surface area contributed by atoms with E-state index in [2.05, 4.69) is 0 Å². The predicted octanol–water partition coefficient (Wildman–Crippen LogP) is 1.62. The van der Waals surface area contributed by atoms with Crippen molar-refractivity contribution in [2.75, 3.05) is 0 Å². The van der Waals surface area contributed by atoms with Crippen LogP contribution in [0.25, 0.3) is 0 Å². The second-order valence-corrected chi connectivity index (χ2v) is 0.596. The van der Waals surface area contributed by atoms with E-state index >= 15 is 0 Å².